The molecule has 4 heterocycles. The van der Waals surface area contributed by atoms with Crippen molar-refractivity contribution in [3.05, 3.63) is 35.5 Å². The lowest BCUT2D eigenvalue weighted by Gasteiger charge is -2.19. The average Bonchev–Trinajstić information content (AvgIpc) is 3.17. The number of aromatic nitrogens is 3. The van der Waals surface area contributed by atoms with E-state index in [9.17, 15) is 4.79 Å². The van der Waals surface area contributed by atoms with E-state index in [1.807, 2.05) is 31.7 Å². The van der Waals surface area contributed by atoms with E-state index in [0.29, 0.717) is 5.56 Å². The quantitative estimate of drug-likeness (QED) is 0.724. The van der Waals surface area contributed by atoms with Crippen LogP contribution < -0.4 is 0 Å². The molecule has 0 spiro atoms. The average molecular weight is 341 g/mol. The van der Waals surface area contributed by atoms with Crippen molar-refractivity contribution >= 4 is 28.6 Å². The number of hydrogen-bond donors (Lipinski definition) is 1. The largest absolute Gasteiger partial charge is 0.361 e. The van der Waals surface area contributed by atoms with E-state index in [-0.39, 0.29) is 11.7 Å². The lowest BCUT2D eigenvalue weighted by Crippen LogP contribution is -2.19. The molecule has 1 aliphatic rings. The SMILES string of the molecule is Cc1noc(C)c1-c1cnc2c(C(=O)C3CCSCC3)c[nH]c2c1. The van der Waals surface area contributed by atoms with Gasteiger partial charge >= 0.3 is 0 Å². The number of carbonyl (C=O) groups is 1. The third-order valence-corrected chi connectivity index (χ3v) is 5.74. The van der Waals surface area contributed by atoms with Gasteiger partial charge in [0.1, 0.15) is 5.76 Å². The Morgan fingerprint density at radius 2 is 2.12 bits per heavy atom. The summed E-state index contributed by atoms with van der Waals surface area (Å²) in [4.78, 5) is 20.6. The van der Waals surface area contributed by atoms with Gasteiger partial charge in [0, 0.05) is 29.4 Å². The van der Waals surface area contributed by atoms with E-state index in [1.165, 1.54) is 0 Å². The number of nitrogens with zero attached hydrogens (tertiary/aromatic N) is 2. The summed E-state index contributed by atoms with van der Waals surface area (Å²) in [7, 11) is 0. The normalized spacial score (nSPS) is 15.9. The molecule has 4 rings (SSSR count). The Bertz CT molecular complexity index is 887. The highest BCUT2D eigenvalue weighted by molar-refractivity contribution is 7.99. The van der Waals surface area contributed by atoms with Crippen LogP contribution in [-0.2, 0) is 0 Å². The molecule has 124 valence electrons. The van der Waals surface area contributed by atoms with E-state index in [2.05, 4.69) is 15.1 Å². The summed E-state index contributed by atoms with van der Waals surface area (Å²) in [6.07, 6.45) is 5.54. The second-order valence-electron chi connectivity index (χ2n) is 6.27. The van der Waals surface area contributed by atoms with Crippen LogP contribution in [0.25, 0.3) is 22.2 Å². The molecule has 0 bridgehead atoms. The summed E-state index contributed by atoms with van der Waals surface area (Å²) in [5.41, 5.74) is 5.11. The summed E-state index contributed by atoms with van der Waals surface area (Å²) in [6.45, 7) is 3.81. The Kier molecular flexibility index (Phi) is 3.92. The van der Waals surface area contributed by atoms with Crippen LogP contribution in [0.5, 0.6) is 0 Å². The van der Waals surface area contributed by atoms with Gasteiger partial charge in [0.15, 0.2) is 5.78 Å². The monoisotopic (exact) mass is 341 g/mol. The smallest absolute Gasteiger partial charge is 0.169 e. The molecule has 3 aromatic rings. The standard InChI is InChI=1S/C18H19N3O2S/c1-10-16(11(2)23-21-10)13-7-15-17(20-8-13)14(9-19-15)18(22)12-3-5-24-6-4-12/h7-9,12,19H,3-6H2,1-2H3. The first-order valence-corrected chi connectivity index (χ1v) is 9.33. The number of pyridine rings is 1. The Balaban J connectivity index is 1.72. The molecule has 1 N–H and O–H groups in total. The topological polar surface area (TPSA) is 71.8 Å². The number of aromatic amines is 1. The van der Waals surface area contributed by atoms with Gasteiger partial charge in [-0.2, -0.15) is 11.8 Å². The number of aryl methyl sites for hydroxylation is 2. The zero-order valence-electron chi connectivity index (χ0n) is 13.8. The van der Waals surface area contributed by atoms with E-state index < -0.39 is 0 Å². The number of hydrogen-bond acceptors (Lipinski definition) is 5. The fourth-order valence-corrected chi connectivity index (χ4v) is 4.51. The molecule has 0 radical (unpaired) electrons. The van der Waals surface area contributed by atoms with Crippen molar-refractivity contribution in [2.24, 2.45) is 5.92 Å². The first kappa shape index (κ1) is 15.4. The second-order valence-corrected chi connectivity index (χ2v) is 7.50. The number of carbonyl (C=O) groups excluding carboxylic acids is 1. The minimum absolute atomic E-state index is 0.134. The molecular weight excluding hydrogens is 322 g/mol. The fourth-order valence-electron chi connectivity index (χ4n) is 3.41. The zero-order valence-corrected chi connectivity index (χ0v) is 14.6. The fraction of sp³-hybridized carbons (Fsp3) is 0.389. The van der Waals surface area contributed by atoms with Crippen LogP contribution in [0, 0.1) is 19.8 Å². The number of ketones is 1. The molecule has 0 aliphatic carbocycles. The summed E-state index contributed by atoms with van der Waals surface area (Å²) in [5.74, 6) is 3.27. The maximum absolute atomic E-state index is 12.8. The van der Waals surface area contributed by atoms with Crippen LogP contribution >= 0.6 is 11.8 Å². The predicted octanol–water partition coefficient (Wildman–Crippen LogP) is 4.16. The van der Waals surface area contributed by atoms with Gasteiger partial charge in [-0.15, -0.1) is 0 Å². The Hall–Kier alpha value is -2.08. The highest BCUT2D eigenvalue weighted by Crippen LogP contribution is 2.31. The number of thioether (sulfide) groups is 1. The third kappa shape index (κ3) is 2.55. The maximum Gasteiger partial charge on any atom is 0.169 e. The molecule has 0 saturated carbocycles. The number of H-pyrrole nitrogens is 1. The van der Waals surface area contributed by atoms with Crippen LogP contribution in [-0.4, -0.2) is 32.4 Å². The van der Waals surface area contributed by atoms with Crippen molar-refractivity contribution < 1.29 is 9.32 Å². The van der Waals surface area contributed by atoms with E-state index >= 15 is 0 Å². The van der Waals surface area contributed by atoms with Crippen LogP contribution in [0.15, 0.2) is 23.0 Å². The molecule has 0 unspecified atom stereocenters. The highest BCUT2D eigenvalue weighted by Gasteiger charge is 2.25. The van der Waals surface area contributed by atoms with Gasteiger partial charge in [-0.05, 0) is 44.3 Å². The van der Waals surface area contributed by atoms with Gasteiger partial charge in [-0.25, -0.2) is 0 Å². The highest BCUT2D eigenvalue weighted by atomic mass is 32.2. The summed E-state index contributed by atoms with van der Waals surface area (Å²) >= 11 is 1.93. The van der Waals surface area contributed by atoms with Crippen LogP contribution in [0.3, 0.4) is 0 Å². The van der Waals surface area contributed by atoms with Gasteiger partial charge in [0.2, 0.25) is 0 Å². The molecule has 0 atom stereocenters. The van der Waals surface area contributed by atoms with Crippen molar-refractivity contribution in [1.82, 2.24) is 15.1 Å². The zero-order chi connectivity index (χ0) is 16.7. The molecule has 5 nitrogen and oxygen atoms in total. The lowest BCUT2D eigenvalue weighted by molar-refractivity contribution is 0.0914. The van der Waals surface area contributed by atoms with Gasteiger partial charge in [-0.3, -0.25) is 9.78 Å². The first-order valence-electron chi connectivity index (χ1n) is 8.17. The Labute approximate surface area is 144 Å². The lowest BCUT2D eigenvalue weighted by atomic mass is 9.93. The van der Waals surface area contributed by atoms with Gasteiger partial charge in [-0.1, -0.05) is 5.16 Å². The number of fused-ring (bicyclic) bond motifs is 1. The summed E-state index contributed by atoms with van der Waals surface area (Å²) in [6, 6.07) is 2.02. The minimum Gasteiger partial charge on any atom is -0.361 e. The maximum atomic E-state index is 12.8. The molecule has 24 heavy (non-hydrogen) atoms. The van der Waals surface area contributed by atoms with Crippen molar-refractivity contribution in [3.8, 4) is 11.1 Å². The minimum atomic E-state index is 0.134. The Morgan fingerprint density at radius 3 is 2.83 bits per heavy atom. The van der Waals surface area contributed by atoms with Gasteiger partial charge < -0.3 is 9.51 Å². The van der Waals surface area contributed by atoms with Crippen molar-refractivity contribution in [1.29, 1.82) is 0 Å². The number of Topliss-reactive ketones (excluding diaryl/α,β-unsaturated/α-hetero) is 1. The van der Waals surface area contributed by atoms with E-state index in [1.54, 1.807) is 12.4 Å². The number of rotatable bonds is 3. The molecule has 1 fully saturated rings. The molecule has 6 heteroatoms. The molecule has 1 saturated heterocycles. The van der Waals surface area contributed by atoms with E-state index in [4.69, 9.17) is 4.52 Å². The summed E-state index contributed by atoms with van der Waals surface area (Å²) in [5, 5.41) is 4.00. The summed E-state index contributed by atoms with van der Waals surface area (Å²) < 4.78 is 5.24. The predicted molar refractivity (Wildman–Crippen MR) is 95.4 cm³/mol. The van der Waals surface area contributed by atoms with Crippen molar-refractivity contribution in [2.75, 3.05) is 11.5 Å². The van der Waals surface area contributed by atoms with Crippen molar-refractivity contribution in [2.45, 2.75) is 26.7 Å². The molecule has 0 aromatic carbocycles. The molecule has 3 aromatic heterocycles. The van der Waals surface area contributed by atoms with Crippen LogP contribution in [0.1, 0.15) is 34.7 Å². The first-order chi connectivity index (χ1) is 11.6. The van der Waals surface area contributed by atoms with E-state index in [0.717, 1.165) is 58.0 Å². The Morgan fingerprint density at radius 1 is 1.33 bits per heavy atom. The number of nitrogens with one attached hydrogen (secondary N) is 1. The molecular formula is C18H19N3O2S. The van der Waals surface area contributed by atoms with Crippen molar-refractivity contribution in [3.63, 3.8) is 0 Å². The van der Waals surface area contributed by atoms with Gasteiger partial charge in [0.25, 0.3) is 0 Å². The van der Waals surface area contributed by atoms with Crippen LogP contribution in [0.2, 0.25) is 0 Å². The molecule has 0 amide bonds. The van der Waals surface area contributed by atoms with Gasteiger partial charge in [0.05, 0.1) is 22.3 Å². The third-order valence-electron chi connectivity index (χ3n) is 4.69. The molecule has 1 aliphatic heterocycles. The van der Waals surface area contributed by atoms with Crippen LogP contribution in [0.4, 0.5) is 0 Å². The second kappa shape index (κ2) is 6.09.